The number of likely N-dealkylation sites (N-methyl/N-ethyl adjacent to an activating group) is 1. The summed E-state index contributed by atoms with van der Waals surface area (Å²) in [4.78, 5) is 4.02. The Labute approximate surface area is 84.5 Å². The van der Waals surface area contributed by atoms with Crippen molar-refractivity contribution in [3.05, 3.63) is 11.1 Å². The molecule has 0 saturated heterocycles. The summed E-state index contributed by atoms with van der Waals surface area (Å²) in [5.74, 6) is 0.153. The van der Waals surface area contributed by atoms with Crippen molar-refractivity contribution in [2.75, 3.05) is 20.2 Å². The Morgan fingerprint density at radius 2 is 2.64 bits per heavy atom. The lowest BCUT2D eigenvalue weighted by Crippen LogP contribution is -2.38. The molecular weight excluding hydrogens is 206 g/mol. The highest BCUT2D eigenvalue weighted by Gasteiger charge is 2.20. The van der Waals surface area contributed by atoms with Crippen molar-refractivity contribution in [1.82, 2.24) is 5.32 Å². The highest BCUT2D eigenvalue weighted by atomic mass is 32.2. The van der Waals surface area contributed by atoms with Crippen molar-refractivity contribution in [3.8, 4) is 0 Å². The molecule has 1 aliphatic heterocycles. The Morgan fingerprint density at radius 1 is 1.93 bits per heavy atom. The summed E-state index contributed by atoms with van der Waals surface area (Å²) in [5, 5.41) is 2.99. The van der Waals surface area contributed by atoms with E-state index in [-0.39, 0.29) is 16.8 Å². The van der Waals surface area contributed by atoms with Crippen molar-refractivity contribution in [2.24, 2.45) is 10.7 Å². The van der Waals surface area contributed by atoms with Gasteiger partial charge in [0, 0.05) is 6.20 Å². The number of aliphatic imine (C=N–C) groups is 1. The molecule has 0 aromatic carbocycles. The van der Waals surface area contributed by atoms with Crippen LogP contribution in [-0.4, -0.2) is 40.9 Å². The van der Waals surface area contributed by atoms with Crippen molar-refractivity contribution >= 4 is 17.0 Å². The zero-order valence-corrected chi connectivity index (χ0v) is 8.58. The first-order valence-corrected chi connectivity index (χ1v) is 5.17. The van der Waals surface area contributed by atoms with E-state index in [0.29, 0.717) is 13.2 Å². The van der Waals surface area contributed by atoms with E-state index < -0.39 is 11.1 Å². The predicted octanol–water partition coefficient (Wildman–Crippen LogP) is -0.975. The van der Waals surface area contributed by atoms with E-state index in [1.165, 1.54) is 0 Å². The van der Waals surface area contributed by atoms with Gasteiger partial charge in [0.05, 0.1) is 12.6 Å². The number of hydrogen-bond acceptors (Lipinski definition) is 5. The number of nitrogens with two attached hydrogens (primary N) is 1. The fourth-order valence-electron chi connectivity index (χ4n) is 0.999. The summed E-state index contributed by atoms with van der Waals surface area (Å²) in [6.45, 7) is 0.935. The van der Waals surface area contributed by atoms with Crippen molar-refractivity contribution in [1.29, 1.82) is 0 Å². The molecule has 1 rings (SSSR count). The van der Waals surface area contributed by atoms with E-state index in [4.69, 9.17) is 15.0 Å². The number of hydrogen-bond donors (Lipinski definition) is 3. The molecule has 1 aliphatic rings. The molecule has 0 radical (unpaired) electrons. The summed E-state index contributed by atoms with van der Waals surface area (Å²) in [6.07, 6.45) is 1.04. The molecule has 2 atom stereocenters. The molecule has 80 valence electrons. The first kappa shape index (κ1) is 11.2. The number of nitrogens with one attached hydrogen (secondary N) is 1. The van der Waals surface area contributed by atoms with Crippen LogP contribution in [0.4, 0.5) is 0 Å². The van der Waals surface area contributed by atoms with Gasteiger partial charge < -0.3 is 20.3 Å². The van der Waals surface area contributed by atoms with Crippen LogP contribution in [0.15, 0.2) is 16.1 Å². The van der Waals surface area contributed by atoms with Gasteiger partial charge in [-0.3, -0.25) is 0 Å². The molecular formula is C7H13N3O3S. The van der Waals surface area contributed by atoms with Crippen LogP contribution in [0.1, 0.15) is 0 Å². The average molecular weight is 219 g/mol. The van der Waals surface area contributed by atoms with Crippen LogP contribution >= 0.6 is 0 Å². The smallest absolute Gasteiger partial charge is 0.229 e. The van der Waals surface area contributed by atoms with Gasteiger partial charge in [-0.1, -0.05) is 0 Å². The van der Waals surface area contributed by atoms with Crippen molar-refractivity contribution in [2.45, 2.75) is 6.04 Å². The normalized spacial score (nSPS) is 25.1. The molecule has 0 saturated carbocycles. The summed E-state index contributed by atoms with van der Waals surface area (Å²) < 4.78 is 24.8. The SMILES string of the molecule is CN[C@H]1CN=C(C(=CN)S(=O)O)OC1. The Morgan fingerprint density at radius 3 is 3.00 bits per heavy atom. The molecule has 6 nitrogen and oxygen atoms in total. The quantitative estimate of drug-likeness (QED) is 0.530. The second-order valence-electron chi connectivity index (χ2n) is 2.72. The van der Waals surface area contributed by atoms with Gasteiger partial charge >= 0.3 is 0 Å². The molecule has 0 aliphatic carbocycles. The maximum atomic E-state index is 10.8. The highest BCUT2D eigenvalue weighted by Crippen LogP contribution is 2.08. The number of nitrogens with zero attached hydrogens (tertiary/aromatic N) is 1. The Hall–Kier alpha value is -0.920. The molecule has 0 aromatic rings. The lowest BCUT2D eigenvalue weighted by molar-refractivity contribution is 0.244. The van der Waals surface area contributed by atoms with Crippen LogP contribution in [0.3, 0.4) is 0 Å². The monoisotopic (exact) mass is 219 g/mol. The Kier molecular flexibility index (Phi) is 4.05. The standard InChI is InChI=1S/C7H13N3O3S/c1-9-5-3-10-7(13-4-5)6(2-8)14(11)12/h2,5,9H,3-4,8H2,1H3,(H,11,12)/t5-/m0/s1. The molecule has 7 heteroatoms. The third-order valence-electron chi connectivity index (χ3n) is 1.84. The van der Waals surface area contributed by atoms with Gasteiger partial charge in [-0.05, 0) is 7.05 Å². The van der Waals surface area contributed by atoms with Crippen LogP contribution < -0.4 is 11.1 Å². The van der Waals surface area contributed by atoms with Gasteiger partial charge in [-0.15, -0.1) is 0 Å². The molecule has 14 heavy (non-hydrogen) atoms. The summed E-state index contributed by atoms with van der Waals surface area (Å²) in [6, 6.07) is 0.143. The maximum Gasteiger partial charge on any atom is 0.229 e. The first-order valence-electron chi connectivity index (χ1n) is 4.06. The van der Waals surface area contributed by atoms with Crippen LogP contribution in [0.5, 0.6) is 0 Å². The fraction of sp³-hybridized carbons (Fsp3) is 0.571. The molecule has 0 fully saturated rings. The van der Waals surface area contributed by atoms with Crippen LogP contribution in [0.25, 0.3) is 0 Å². The van der Waals surface area contributed by atoms with E-state index in [1.807, 2.05) is 0 Å². The van der Waals surface area contributed by atoms with Gasteiger partial charge in [0.15, 0.2) is 11.1 Å². The van der Waals surface area contributed by atoms with Crippen LogP contribution in [0.2, 0.25) is 0 Å². The third kappa shape index (κ3) is 2.53. The van der Waals surface area contributed by atoms with Gasteiger partial charge in [0.25, 0.3) is 0 Å². The zero-order valence-electron chi connectivity index (χ0n) is 7.77. The summed E-state index contributed by atoms with van der Waals surface area (Å²) in [7, 11) is 1.80. The van der Waals surface area contributed by atoms with Crippen LogP contribution in [0, 0.1) is 0 Å². The Balaban J connectivity index is 2.71. The minimum Gasteiger partial charge on any atom is -0.475 e. The fourth-order valence-corrected chi connectivity index (χ4v) is 1.39. The molecule has 0 aromatic heterocycles. The average Bonchev–Trinajstić information content (AvgIpc) is 2.19. The molecule has 1 heterocycles. The van der Waals surface area contributed by atoms with E-state index in [2.05, 4.69) is 10.3 Å². The topological polar surface area (TPSA) is 96.9 Å². The minimum atomic E-state index is -2.15. The molecule has 4 N–H and O–H groups in total. The third-order valence-corrected chi connectivity index (χ3v) is 2.52. The highest BCUT2D eigenvalue weighted by molar-refractivity contribution is 7.84. The zero-order chi connectivity index (χ0) is 10.6. The largest absolute Gasteiger partial charge is 0.475 e. The lowest BCUT2D eigenvalue weighted by atomic mass is 10.3. The molecule has 0 bridgehead atoms. The maximum absolute atomic E-state index is 10.8. The number of ether oxygens (including phenoxy) is 1. The second-order valence-corrected chi connectivity index (χ2v) is 3.66. The lowest BCUT2D eigenvalue weighted by Gasteiger charge is -2.21. The summed E-state index contributed by atoms with van der Waals surface area (Å²) in [5.41, 5.74) is 5.18. The van der Waals surface area contributed by atoms with Crippen molar-refractivity contribution < 1.29 is 13.5 Å². The van der Waals surface area contributed by atoms with E-state index in [9.17, 15) is 4.21 Å². The predicted molar refractivity (Wildman–Crippen MR) is 54.1 cm³/mol. The minimum absolute atomic E-state index is 0.0135. The van der Waals surface area contributed by atoms with Gasteiger partial charge in [-0.2, -0.15) is 0 Å². The van der Waals surface area contributed by atoms with Gasteiger partial charge in [-0.25, -0.2) is 9.20 Å². The van der Waals surface area contributed by atoms with Crippen molar-refractivity contribution in [3.63, 3.8) is 0 Å². The molecule has 0 amide bonds. The van der Waals surface area contributed by atoms with E-state index in [1.54, 1.807) is 7.05 Å². The molecule has 1 unspecified atom stereocenters. The number of rotatable bonds is 3. The van der Waals surface area contributed by atoms with E-state index in [0.717, 1.165) is 6.20 Å². The van der Waals surface area contributed by atoms with Gasteiger partial charge in [0.2, 0.25) is 5.90 Å². The first-order chi connectivity index (χ1) is 6.69. The molecule has 0 spiro atoms. The van der Waals surface area contributed by atoms with E-state index >= 15 is 0 Å². The second kappa shape index (κ2) is 5.08. The Bertz CT molecular complexity index is 290. The van der Waals surface area contributed by atoms with Crippen LogP contribution in [-0.2, 0) is 15.8 Å². The summed E-state index contributed by atoms with van der Waals surface area (Å²) >= 11 is -2.15. The van der Waals surface area contributed by atoms with Gasteiger partial charge in [0.1, 0.15) is 11.5 Å².